The van der Waals surface area contributed by atoms with Gasteiger partial charge >= 0.3 is 6.18 Å². The number of anilines is 1. The van der Waals surface area contributed by atoms with Gasteiger partial charge in [-0.25, -0.2) is 0 Å². The van der Waals surface area contributed by atoms with Crippen LogP contribution >= 0.6 is 0 Å². The Hall–Kier alpha value is -1.72. The van der Waals surface area contributed by atoms with Crippen molar-refractivity contribution >= 4 is 16.7 Å². The number of nitrogen functional groups attached to an aromatic ring is 1. The summed E-state index contributed by atoms with van der Waals surface area (Å²) in [4.78, 5) is 0. The molecule has 14 heavy (non-hydrogen) atoms. The Morgan fingerprint density at radius 2 is 2.00 bits per heavy atom. The smallest absolute Gasteiger partial charge is 0.399 e. The lowest BCUT2D eigenvalue weighted by atomic mass is 10.1. The maximum atomic E-state index is 12.4. The largest absolute Gasteiger partial charge is 0.420 e. The standard InChI is InChI=1S/C8H5F3N2O/c9-8(10,11)6-2-5(12)1-4-3-13-14-7(4)6/h1-3H,12H2. The monoisotopic (exact) mass is 202 g/mol. The van der Waals surface area contributed by atoms with Crippen molar-refractivity contribution in [3.63, 3.8) is 0 Å². The highest BCUT2D eigenvalue weighted by Crippen LogP contribution is 2.36. The minimum atomic E-state index is -4.48. The maximum absolute atomic E-state index is 12.4. The predicted octanol–water partition coefficient (Wildman–Crippen LogP) is 2.43. The molecule has 0 unspecified atom stereocenters. The van der Waals surface area contributed by atoms with Gasteiger partial charge < -0.3 is 10.3 Å². The van der Waals surface area contributed by atoms with Crippen LogP contribution < -0.4 is 5.73 Å². The van der Waals surface area contributed by atoms with E-state index in [2.05, 4.69) is 9.68 Å². The topological polar surface area (TPSA) is 52.0 Å². The summed E-state index contributed by atoms with van der Waals surface area (Å²) in [6.45, 7) is 0. The minimum Gasteiger partial charge on any atom is -0.399 e. The van der Waals surface area contributed by atoms with Crippen LogP contribution in [0.4, 0.5) is 18.9 Å². The first-order chi connectivity index (χ1) is 6.48. The summed E-state index contributed by atoms with van der Waals surface area (Å²) >= 11 is 0. The van der Waals surface area contributed by atoms with Crippen molar-refractivity contribution in [1.82, 2.24) is 5.16 Å². The second-order valence-electron chi connectivity index (χ2n) is 2.81. The van der Waals surface area contributed by atoms with Crippen LogP contribution in [-0.2, 0) is 6.18 Å². The molecule has 2 rings (SSSR count). The summed E-state index contributed by atoms with van der Waals surface area (Å²) in [5, 5.41) is 3.53. The van der Waals surface area contributed by atoms with E-state index >= 15 is 0 Å². The van der Waals surface area contributed by atoms with E-state index in [9.17, 15) is 13.2 Å². The minimum absolute atomic E-state index is 0.0352. The average Bonchev–Trinajstić information content (AvgIpc) is 2.47. The third-order valence-corrected chi connectivity index (χ3v) is 1.78. The van der Waals surface area contributed by atoms with E-state index in [1.807, 2.05) is 0 Å². The number of hydrogen-bond donors (Lipinski definition) is 1. The molecule has 2 N–H and O–H groups in total. The molecule has 0 aliphatic heterocycles. The Morgan fingerprint density at radius 3 is 2.64 bits per heavy atom. The Labute approximate surface area is 76.3 Å². The van der Waals surface area contributed by atoms with E-state index in [4.69, 9.17) is 5.73 Å². The molecule has 0 saturated carbocycles. The highest BCUT2D eigenvalue weighted by Gasteiger charge is 2.34. The quantitative estimate of drug-likeness (QED) is 0.667. The normalized spacial score (nSPS) is 12.2. The van der Waals surface area contributed by atoms with Crippen LogP contribution in [0.5, 0.6) is 0 Å². The van der Waals surface area contributed by atoms with Gasteiger partial charge in [-0.05, 0) is 12.1 Å². The second-order valence-corrected chi connectivity index (χ2v) is 2.81. The zero-order valence-electron chi connectivity index (χ0n) is 6.80. The van der Waals surface area contributed by atoms with E-state index < -0.39 is 11.7 Å². The maximum Gasteiger partial charge on any atom is 0.420 e. The molecule has 1 heterocycles. The molecule has 0 saturated heterocycles. The van der Waals surface area contributed by atoms with Gasteiger partial charge in [0, 0.05) is 11.1 Å². The van der Waals surface area contributed by atoms with E-state index in [-0.39, 0.29) is 16.7 Å². The van der Waals surface area contributed by atoms with Gasteiger partial charge in [0.1, 0.15) is 5.56 Å². The first-order valence-electron chi connectivity index (χ1n) is 3.69. The lowest BCUT2D eigenvalue weighted by Crippen LogP contribution is -2.06. The molecule has 6 heteroatoms. The Balaban J connectivity index is 2.80. The van der Waals surface area contributed by atoms with Gasteiger partial charge in [-0.2, -0.15) is 13.2 Å². The van der Waals surface area contributed by atoms with Crippen molar-refractivity contribution < 1.29 is 17.7 Å². The summed E-state index contributed by atoms with van der Waals surface area (Å²) in [6, 6.07) is 2.20. The molecule has 1 aromatic carbocycles. The number of benzene rings is 1. The fourth-order valence-electron chi connectivity index (χ4n) is 1.22. The number of nitrogens with two attached hydrogens (primary N) is 1. The van der Waals surface area contributed by atoms with Crippen LogP contribution in [0, 0.1) is 0 Å². The first-order valence-corrected chi connectivity index (χ1v) is 3.69. The molecule has 3 nitrogen and oxygen atoms in total. The van der Waals surface area contributed by atoms with Gasteiger partial charge in [0.25, 0.3) is 0 Å². The van der Waals surface area contributed by atoms with Crippen LogP contribution in [0.25, 0.3) is 11.0 Å². The number of aromatic nitrogens is 1. The van der Waals surface area contributed by atoms with E-state index in [1.165, 1.54) is 12.3 Å². The van der Waals surface area contributed by atoms with Gasteiger partial charge in [-0.1, -0.05) is 5.16 Å². The molecule has 0 aliphatic rings. The lowest BCUT2D eigenvalue weighted by molar-refractivity contribution is -0.136. The van der Waals surface area contributed by atoms with Crippen LogP contribution in [0.2, 0.25) is 0 Å². The highest BCUT2D eigenvalue weighted by atomic mass is 19.4. The molecular weight excluding hydrogens is 197 g/mol. The molecule has 1 aromatic heterocycles. The van der Waals surface area contributed by atoms with Crippen molar-refractivity contribution in [3.05, 3.63) is 23.9 Å². The Bertz CT molecular complexity index is 475. The second kappa shape index (κ2) is 2.63. The molecule has 2 aromatic rings. The zero-order valence-corrected chi connectivity index (χ0v) is 6.80. The van der Waals surface area contributed by atoms with Crippen LogP contribution in [-0.4, -0.2) is 5.16 Å². The van der Waals surface area contributed by atoms with E-state index in [0.29, 0.717) is 0 Å². The predicted molar refractivity (Wildman–Crippen MR) is 43.4 cm³/mol. The zero-order chi connectivity index (χ0) is 10.3. The molecule has 74 valence electrons. The van der Waals surface area contributed by atoms with Crippen LogP contribution in [0.3, 0.4) is 0 Å². The lowest BCUT2D eigenvalue weighted by Gasteiger charge is -2.06. The van der Waals surface area contributed by atoms with Gasteiger partial charge in [0.15, 0.2) is 5.58 Å². The Kier molecular flexibility index (Phi) is 1.67. The van der Waals surface area contributed by atoms with Gasteiger partial charge in [0.2, 0.25) is 0 Å². The van der Waals surface area contributed by atoms with Gasteiger partial charge in [-0.15, -0.1) is 0 Å². The number of alkyl halides is 3. The molecule has 0 spiro atoms. The molecule has 0 aliphatic carbocycles. The van der Waals surface area contributed by atoms with Crippen LogP contribution in [0.1, 0.15) is 5.56 Å². The fourth-order valence-corrected chi connectivity index (χ4v) is 1.22. The summed E-state index contributed by atoms with van der Waals surface area (Å²) < 4.78 is 41.8. The number of halogens is 3. The first kappa shape index (κ1) is 8.86. The third kappa shape index (κ3) is 1.28. The molecule has 0 radical (unpaired) electrons. The van der Waals surface area contributed by atoms with Crippen LogP contribution in [0.15, 0.2) is 22.9 Å². The summed E-state index contributed by atoms with van der Waals surface area (Å²) in [5.41, 5.74) is 4.16. The fraction of sp³-hybridized carbons (Fsp3) is 0.125. The van der Waals surface area contributed by atoms with E-state index in [1.54, 1.807) is 0 Å². The summed E-state index contributed by atoms with van der Waals surface area (Å²) in [5.74, 6) is 0. The molecule has 0 amide bonds. The van der Waals surface area contributed by atoms with Crippen molar-refractivity contribution in [2.75, 3.05) is 5.73 Å². The molecule has 0 bridgehead atoms. The van der Waals surface area contributed by atoms with Crippen molar-refractivity contribution in [2.45, 2.75) is 6.18 Å². The number of nitrogens with zero attached hydrogens (tertiary/aromatic N) is 1. The number of fused-ring (bicyclic) bond motifs is 1. The molecular formula is C8H5F3N2O. The molecule has 0 atom stereocenters. The molecule has 0 fully saturated rings. The van der Waals surface area contributed by atoms with Gasteiger partial charge in [-0.3, -0.25) is 0 Å². The van der Waals surface area contributed by atoms with Crippen molar-refractivity contribution in [3.8, 4) is 0 Å². The third-order valence-electron chi connectivity index (χ3n) is 1.78. The highest BCUT2D eigenvalue weighted by molar-refractivity contribution is 5.83. The summed E-state index contributed by atoms with van der Waals surface area (Å²) in [6.07, 6.45) is -3.28. The van der Waals surface area contributed by atoms with Crippen molar-refractivity contribution in [2.24, 2.45) is 0 Å². The average molecular weight is 202 g/mol. The SMILES string of the molecule is Nc1cc(C(F)(F)F)c2oncc2c1. The van der Waals surface area contributed by atoms with Crippen molar-refractivity contribution in [1.29, 1.82) is 0 Å². The number of hydrogen-bond acceptors (Lipinski definition) is 3. The number of rotatable bonds is 0. The summed E-state index contributed by atoms with van der Waals surface area (Å²) in [7, 11) is 0. The van der Waals surface area contributed by atoms with Gasteiger partial charge in [0.05, 0.1) is 6.20 Å². The van der Waals surface area contributed by atoms with E-state index in [0.717, 1.165) is 6.07 Å². The Morgan fingerprint density at radius 1 is 1.29 bits per heavy atom.